The van der Waals surface area contributed by atoms with Crippen LogP contribution in [0.5, 0.6) is 0 Å². The van der Waals surface area contributed by atoms with Gasteiger partial charge in [-0.2, -0.15) is 10.3 Å². The second-order valence-electron chi connectivity index (χ2n) is 7.50. The number of hydrogen-bond acceptors (Lipinski definition) is 5. The van der Waals surface area contributed by atoms with Crippen LogP contribution < -0.4 is 21.3 Å². The molecule has 5 aromatic rings. The molecule has 3 aromatic carbocycles. The van der Waals surface area contributed by atoms with Crippen molar-refractivity contribution in [1.29, 1.82) is 0 Å². The topological polar surface area (TPSA) is 89.8 Å². The van der Waals surface area contributed by atoms with Gasteiger partial charge in [-0.1, -0.05) is 72.9 Å². The fourth-order valence-electron chi connectivity index (χ4n) is 3.39. The van der Waals surface area contributed by atoms with Gasteiger partial charge in [0.25, 0.3) is 0 Å². The molecule has 0 bridgehead atoms. The fourth-order valence-corrected chi connectivity index (χ4v) is 5.96. The Bertz CT molecular complexity index is 1320. The molecular weight excluding hydrogens is 575 g/mol. The Balaban J connectivity index is 0.000000246. The third-order valence-corrected chi connectivity index (χ3v) is 7.72. The minimum atomic E-state index is -0.877. The number of aromatic nitrogens is 1. The molecule has 0 aliphatic heterocycles. The van der Waals surface area contributed by atoms with E-state index in [2.05, 4.69) is 119 Å². The Labute approximate surface area is 244 Å². The van der Waals surface area contributed by atoms with E-state index in [1.165, 1.54) is 33.6 Å². The Morgan fingerprint density at radius 1 is 0.821 bits per heavy atom. The van der Waals surface area contributed by atoms with Gasteiger partial charge in [0.15, 0.2) is 5.76 Å². The molecule has 0 fully saturated rings. The molecule has 0 aliphatic rings. The van der Waals surface area contributed by atoms with Crippen molar-refractivity contribution in [1.82, 2.24) is 10.4 Å². The van der Waals surface area contributed by atoms with Crippen LogP contribution in [0.4, 0.5) is 0 Å². The second kappa shape index (κ2) is 18.3. The molecule has 2 heterocycles. The molecule has 0 aliphatic carbocycles. The number of pyridine rings is 1. The predicted octanol–water partition coefficient (Wildman–Crippen LogP) is 5.27. The third kappa shape index (κ3) is 10.7. The summed E-state index contributed by atoms with van der Waals surface area (Å²) in [6, 6.07) is 41.1. The van der Waals surface area contributed by atoms with Gasteiger partial charge in [-0.25, -0.2) is 5.43 Å². The summed E-state index contributed by atoms with van der Waals surface area (Å²) < 4.78 is 4.90. The van der Waals surface area contributed by atoms with E-state index in [0.29, 0.717) is 5.69 Å². The molecular formula is C30H25CuN4O2PS+. The van der Waals surface area contributed by atoms with Gasteiger partial charge in [0.2, 0.25) is 0 Å². The van der Waals surface area contributed by atoms with E-state index in [1.807, 2.05) is 6.07 Å². The van der Waals surface area contributed by atoms with E-state index in [1.54, 1.807) is 30.5 Å². The van der Waals surface area contributed by atoms with Crippen LogP contribution in [0.2, 0.25) is 0 Å². The molecule has 5 rings (SSSR count). The molecule has 0 unspecified atom stereocenters. The number of hydrazone groups is 1. The van der Waals surface area contributed by atoms with Gasteiger partial charge in [-0.3, -0.25) is 9.78 Å². The van der Waals surface area contributed by atoms with Crippen molar-refractivity contribution in [3.63, 3.8) is 0 Å². The Kier molecular flexibility index (Phi) is 14.6. The summed E-state index contributed by atoms with van der Waals surface area (Å²) in [6.07, 6.45) is 4.54. The van der Waals surface area contributed by atoms with Crippen LogP contribution in [-0.4, -0.2) is 22.3 Å². The maximum atomic E-state index is 11.4. The van der Waals surface area contributed by atoms with E-state index in [9.17, 15) is 4.79 Å². The zero-order valence-corrected chi connectivity index (χ0v) is 23.4. The van der Waals surface area contributed by atoms with Gasteiger partial charge in [0.05, 0.1) is 26.1 Å². The summed E-state index contributed by atoms with van der Waals surface area (Å²) in [5.74, 6) is -0.171. The van der Waals surface area contributed by atoms with Crippen LogP contribution in [0.15, 0.2) is 143 Å². The molecule has 6 nitrogen and oxygen atoms in total. The monoisotopic (exact) mass is 599 g/mol. The molecule has 0 atom stereocenters. The number of nitrogens with zero attached hydrogens (tertiary/aromatic N) is 3. The first-order valence-corrected chi connectivity index (χ1v) is 13.5. The van der Waals surface area contributed by atoms with Crippen LogP contribution in [-0.2, 0) is 17.1 Å². The van der Waals surface area contributed by atoms with E-state index in [-0.39, 0.29) is 22.8 Å². The maximum Gasteiger partial charge on any atom is 1.00 e. The number of carbonyl (C=O) groups is 1. The second-order valence-corrected chi connectivity index (χ2v) is 10.2. The molecule has 0 radical (unpaired) electrons. The Hall–Kier alpha value is -4.02. The average molecular weight is 600 g/mol. The number of amides is 1. The quantitative estimate of drug-likeness (QED) is 0.0946. The van der Waals surface area contributed by atoms with E-state index >= 15 is 0 Å². The molecule has 198 valence electrons. The SMILES string of the molecule is O=C(N/N=C/c1ccccn1)c1ccco1.[Cu+].[N-]=C=S.c1ccc([PH+](c2ccccc2)c2ccccc2)cc1. The van der Waals surface area contributed by atoms with Gasteiger partial charge < -0.3 is 9.83 Å². The Morgan fingerprint density at radius 2 is 1.31 bits per heavy atom. The van der Waals surface area contributed by atoms with Crippen LogP contribution in [0.3, 0.4) is 0 Å². The molecule has 39 heavy (non-hydrogen) atoms. The molecule has 1 N–H and O–H groups in total. The van der Waals surface area contributed by atoms with Crippen molar-refractivity contribution < 1.29 is 26.3 Å². The van der Waals surface area contributed by atoms with Gasteiger partial charge in [-0.15, -0.1) is 0 Å². The van der Waals surface area contributed by atoms with Crippen molar-refractivity contribution in [3.05, 3.63) is 151 Å². The number of nitrogens with one attached hydrogen (secondary N) is 1. The average Bonchev–Trinajstić information content (AvgIpc) is 3.52. The van der Waals surface area contributed by atoms with E-state index < -0.39 is 13.8 Å². The van der Waals surface area contributed by atoms with Gasteiger partial charge in [-0.05, 0) is 60.7 Å². The van der Waals surface area contributed by atoms with Crippen molar-refractivity contribution >= 4 is 53.3 Å². The third-order valence-electron chi connectivity index (χ3n) is 4.98. The summed E-state index contributed by atoms with van der Waals surface area (Å²) in [6.45, 7) is 0. The summed E-state index contributed by atoms with van der Waals surface area (Å²) in [4.78, 5) is 15.4. The zero-order valence-electron chi connectivity index (χ0n) is 20.6. The van der Waals surface area contributed by atoms with Crippen LogP contribution >= 0.6 is 20.1 Å². The number of benzene rings is 3. The van der Waals surface area contributed by atoms with E-state index in [4.69, 9.17) is 9.83 Å². The summed E-state index contributed by atoms with van der Waals surface area (Å²) in [5, 5.41) is 16.5. The largest absolute Gasteiger partial charge is 1.00 e. The number of hydrogen-bond donors (Lipinski definition) is 1. The number of isothiocyanates is 1. The number of carbonyl (C=O) groups excluding carboxylic acids is 1. The summed E-state index contributed by atoms with van der Waals surface area (Å²) in [7, 11) is -0.877. The molecule has 0 spiro atoms. The minimum Gasteiger partial charge on any atom is -0.753 e. The molecule has 0 saturated carbocycles. The van der Waals surface area contributed by atoms with Crippen molar-refractivity contribution in [2.24, 2.45) is 5.10 Å². The van der Waals surface area contributed by atoms with Crippen molar-refractivity contribution in [3.8, 4) is 0 Å². The van der Waals surface area contributed by atoms with Gasteiger partial charge >= 0.3 is 23.0 Å². The first-order valence-electron chi connectivity index (χ1n) is 11.6. The molecule has 0 saturated heterocycles. The van der Waals surface area contributed by atoms with Crippen molar-refractivity contribution in [2.45, 2.75) is 0 Å². The van der Waals surface area contributed by atoms with Crippen LogP contribution in [0.1, 0.15) is 16.2 Å². The fraction of sp³-hybridized carbons (Fsp3) is 0. The summed E-state index contributed by atoms with van der Waals surface area (Å²) in [5.41, 5.74) is 3.00. The normalized spacial score (nSPS) is 9.67. The summed E-state index contributed by atoms with van der Waals surface area (Å²) >= 11 is 3.70. The molecule has 1 amide bonds. The zero-order chi connectivity index (χ0) is 26.8. The molecule has 2 aromatic heterocycles. The number of thiocarbonyl (C=S) groups is 1. The van der Waals surface area contributed by atoms with E-state index in [0.717, 1.165) is 0 Å². The molecule has 9 heteroatoms. The first kappa shape index (κ1) is 31.2. The number of rotatable bonds is 6. The smallest absolute Gasteiger partial charge is 0.753 e. The van der Waals surface area contributed by atoms with Crippen LogP contribution in [0, 0.1) is 0 Å². The van der Waals surface area contributed by atoms with Crippen molar-refractivity contribution in [2.75, 3.05) is 0 Å². The predicted molar refractivity (Wildman–Crippen MR) is 161 cm³/mol. The minimum absolute atomic E-state index is 0. The maximum absolute atomic E-state index is 11.4. The Morgan fingerprint density at radius 3 is 1.72 bits per heavy atom. The van der Waals surface area contributed by atoms with Gasteiger partial charge in [0.1, 0.15) is 15.9 Å². The van der Waals surface area contributed by atoms with Gasteiger partial charge in [0, 0.05) is 6.20 Å². The standard InChI is InChI=1S/C18H15P.C11H9N3O2.CNS.Cu/c1-4-10-16(11-5-1)19(17-12-6-2-7-13-17)18-14-8-3-9-15-18;15-11(10-5-3-7-16-10)14-13-8-9-4-1-2-6-12-9;2-1-3;/h1-15H;1-8H,(H,14,15);;/q;;-1;+1/p+1/b;13-8+;;. The number of furan rings is 1. The van der Waals surface area contributed by atoms with Crippen LogP contribution in [0.25, 0.3) is 5.41 Å². The first-order chi connectivity index (χ1) is 18.7.